The molecule has 0 amide bonds. The zero-order chi connectivity index (χ0) is 8.72. The molecule has 0 fully saturated rings. The molecule has 4 nitrogen and oxygen atoms in total. The molecule has 2 N–H and O–H groups in total. The topological polar surface area (TPSA) is 56.2 Å². The maximum atomic E-state index is 5.50. The highest BCUT2D eigenvalue weighted by Gasteiger charge is 2.04. The molecule has 12 heavy (non-hydrogen) atoms. The minimum absolute atomic E-state index is 0.460. The minimum Gasteiger partial charge on any atom is -0.382 e. The second kappa shape index (κ2) is 2.70. The fourth-order valence-corrected chi connectivity index (χ4v) is 2.12. The highest BCUT2D eigenvalue weighted by Crippen LogP contribution is 2.20. The SMILES string of the molecule is Nc1cn2nc(Br)cc(Br)c2n1. The van der Waals surface area contributed by atoms with Crippen molar-refractivity contribution in [2.75, 3.05) is 5.73 Å². The Morgan fingerprint density at radius 3 is 2.92 bits per heavy atom. The van der Waals surface area contributed by atoms with Gasteiger partial charge in [-0.05, 0) is 37.9 Å². The molecular weight excluding hydrogens is 288 g/mol. The van der Waals surface area contributed by atoms with Crippen LogP contribution in [-0.2, 0) is 0 Å². The van der Waals surface area contributed by atoms with Gasteiger partial charge in [0.1, 0.15) is 10.4 Å². The number of nitrogens with two attached hydrogens (primary N) is 1. The van der Waals surface area contributed by atoms with Gasteiger partial charge in [-0.2, -0.15) is 5.10 Å². The molecule has 6 heteroatoms. The molecule has 0 saturated heterocycles. The van der Waals surface area contributed by atoms with Gasteiger partial charge in [0.05, 0.1) is 10.7 Å². The largest absolute Gasteiger partial charge is 0.382 e. The van der Waals surface area contributed by atoms with E-state index in [1.165, 1.54) is 0 Å². The smallest absolute Gasteiger partial charge is 0.170 e. The molecule has 0 spiro atoms. The van der Waals surface area contributed by atoms with Crippen molar-refractivity contribution in [2.45, 2.75) is 0 Å². The molecule has 0 radical (unpaired) electrons. The molecule has 2 aromatic heterocycles. The van der Waals surface area contributed by atoms with E-state index in [-0.39, 0.29) is 0 Å². The Hall–Kier alpha value is -0.620. The maximum Gasteiger partial charge on any atom is 0.170 e. The van der Waals surface area contributed by atoms with Crippen molar-refractivity contribution in [1.82, 2.24) is 14.6 Å². The summed E-state index contributed by atoms with van der Waals surface area (Å²) in [6.07, 6.45) is 1.66. The molecule has 2 rings (SSSR count). The number of halogens is 2. The van der Waals surface area contributed by atoms with E-state index in [0.717, 1.165) is 14.7 Å². The van der Waals surface area contributed by atoms with Crippen molar-refractivity contribution in [2.24, 2.45) is 0 Å². The van der Waals surface area contributed by atoms with Gasteiger partial charge in [0.2, 0.25) is 0 Å². The normalized spacial score (nSPS) is 10.8. The number of nitrogen functional groups attached to an aromatic ring is 1. The second-order valence-electron chi connectivity index (χ2n) is 2.25. The highest BCUT2D eigenvalue weighted by atomic mass is 79.9. The Labute approximate surface area is 85.0 Å². The van der Waals surface area contributed by atoms with Gasteiger partial charge in [-0.25, -0.2) is 9.50 Å². The van der Waals surface area contributed by atoms with E-state index in [2.05, 4.69) is 41.9 Å². The van der Waals surface area contributed by atoms with Crippen LogP contribution in [0.3, 0.4) is 0 Å². The Morgan fingerprint density at radius 2 is 2.17 bits per heavy atom. The molecule has 0 unspecified atom stereocenters. The lowest BCUT2D eigenvalue weighted by Gasteiger charge is -1.94. The molecule has 0 aliphatic heterocycles. The first kappa shape index (κ1) is 8.00. The van der Waals surface area contributed by atoms with E-state index in [0.29, 0.717) is 5.82 Å². The van der Waals surface area contributed by atoms with E-state index < -0.39 is 0 Å². The monoisotopic (exact) mass is 290 g/mol. The molecule has 0 atom stereocenters. The summed E-state index contributed by atoms with van der Waals surface area (Å²) in [6, 6.07) is 1.82. The van der Waals surface area contributed by atoms with Gasteiger partial charge in [0, 0.05) is 0 Å². The Bertz CT molecular complexity index is 436. The first-order chi connectivity index (χ1) is 5.66. The lowest BCUT2D eigenvalue weighted by atomic mass is 10.6. The average molecular weight is 292 g/mol. The molecule has 0 aromatic carbocycles. The number of rotatable bonds is 0. The molecule has 2 heterocycles. The van der Waals surface area contributed by atoms with E-state index in [1.807, 2.05) is 6.07 Å². The number of aromatic nitrogens is 3. The second-order valence-corrected chi connectivity index (χ2v) is 3.92. The van der Waals surface area contributed by atoms with Crippen molar-refractivity contribution >= 4 is 43.3 Å². The zero-order valence-electron chi connectivity index (χ0n) is 5.83. The molecule has 2 aromatic rings. The van der Waals surface area contributed by atoms with Gasteiger partial charge in [-0.15, -0.1) is 0 Å². The number of hydrogen-bond acceptors (Lipinski definition) is 3. The van der Waals surface area contributed by atoms with Crippen molar-refractivity contribution in [3.63, 3.8) is 0 Å². The standard InChI is InChI=1S/C6H4Br2N4/c7-3-1-4(8)11-12-2-5(9)10-6(3)12/h1-2H,9H2. The van der Waals surface area contributed by atoms with E-state index in [1.54, 1.807) is 10.7 Å². The third kappa shape index (κ3) is 1.21. The summed E-state index contributed by atoms with van der Waals surface area (Å²) in [5.74, 6) is 0.460. The summed E-state index contributed by atoms with van der Waals surface area (Å²) in [5.41, 5.74) is 6.22. The molecule has 0 bridgehead atoms. The third-order valence-corrected chi connectivity index (χ3v) is 2.34. The summed E-state index contributed by atoms with van der Waals surface area (Å²) in [7, 11) is 0. The van der Waals surface area contributed by atoms with Gasteiger partial charge in [-0.3, -0.25) is 0 Å². The van der Waals surface area contributed by atoms with Crippen LogP contribution in [0.5, 0.6) is 0 Å². The lowest BCUT2D eigenvalue weighted by Crippen LogP contribution is -1.90. The number of imidazole rings is 1. The fraction of sp³-hybridized carbons (Fsp3) is 0. The van der Waals surface area contributed by atoms with E-state index in [4.69, 9.17) is 5.73 Å². The molecule has 62 valence electrons. The first-order valence-electron chi connectivity index (χ1n) is 3.14. The fourth-order valence-electron chi connectivity index (χ4n) is 0.929. The summed E-state index contributed by atoms with van der Waals surface area (Å²) >= 11 is 6.61. The summed E-state index contributed by atoms with van der Waals surface area (Å²) in [5, 5.41) is 4.12. The van der Waals surface area contributed by atoms with Crippen LogP contribution in [0.4, 0.5) is 5.82 Å². The molecule has 0 aliphatic rings. The van der Waals surface area contributed by atoms with Gasteiger partial charge in [0.15, 0.2) is 5.65 Å². The predicted molar refractivity (Wildman–Crippen MR) is 52.8 cm³/mol. The van der Waals surface area contributed by atoms with Crippen LogP contribution in [0.25, 0.3) is 5.65 Å². The quantitative estimate of drug-likeness (QED) is 0.806. The Balaban J connectivity index is 2.88. The van der Waals surface area contributed by atoms with Crippen LogP contribution in [-0.4, -0.2) is 14.6 Å². The van der Waals surface area contributed by atoms with Crippen molar-refractivity contribution in [1.29, 1.82) is 0 Å². The highest BCUT2D eigenvalue weighted by molar-refractivity contribution is 9.11. The van der Waals surface area contributed by atoms with Crippen LogP contribution >= 0.6 is 31.9 Å². The number of hydrogen-bond donors (Lipinski definition) is 1. The van der Waals surface area contributed by atoms with Gasteiger partial charge in [-0.1, -0.05) is 0 Å². The van der Waals surface area contributed by atoms with Gasteiger partial charge >= 0.3 is 0 Å². The number of anilines is 1. The number of fused-ring (bicyclic) bond motifs is 1. The maximum absolute atomic E-state index is 5.50. The first-order valence-corrected chi connectivity index (χ1v) is 4.72. The van der Waals surface area contributed by atoms with Crippen LogP contribution < -0.4 is 5.73 Å². The van der Waals surface area contributed by atoms with Crippen LogP contribution in [0.1, 0.15) is 0 Å². The minimum atomic E-state index is 0.460. The summed E-state index contributed by atoms with van der Waals surface area (Å²) in [6.45, 7) is 0. The van der Waals surface area contributed by atoms with Crippen LogP contribution in [0, 0.1) is 0 Å². The van der Waals surface area contributed by atoms with Crippen molar-refractivity contribution in [3.8, 4) is 0 Å². The average Bonchev–Trinajstić information content (AvgIpc) is 2.29. The van der Waals surface area contributed by atoms with E-state index >= 15 is 0 Å². The number of nitrogens with zero attached hydrogens (tertiary/aromatic N) is 3. The van der Waals surface area contributed by atoms with Gasteiger partial charge < -0.3 is 5.73 Å². The van der Waals surface area contributed by atoms with Crippen LogP contribution in [0.2, 0.25) is 0 Å². The molecule has 0 aliphatic carbocycles. The summed E-state index contributed by atoms with van der Waals surface area (Å²) < 4.78 is 3.21. The van der Waals surface area contributed by atoms with Crippen LogP contribution in [0.15, 0.2) is 21.3 Å². The molecule has 0 saturated carbocycles. The Morgan fingerprint density at radius 1 is 1.42 bits per heavy atom. The lowest BCUT2D eigenvalue weighted by molar-refractivity contribution is 0.912. The van der Waals surface area contributed by atoms with E-state index in [9.17, 15) is 0 Å². The molecular formula is C6H4Br2N4. The predicted octanol–water partition coefficient (Wildman–Crippen LogP) is 1.84. The van der Waals surface area contributed by atoms with Crippen molar-refractivity contribution in [3.05, 3.63) is 21.3 Å². The zero-order valence-corrected chi connectivity index (χ0v) is 9.00. The Kier molecular flexibility index (Phi) is 1.80. The third-order valence-electron chi connectivity index (χ3n) is 1.37. The van der Waals surface area contributed by atoms with Gasteiger partial charge in [0.25, 0.3) is 0 Å². The van der Waals surface area contributed by atoms with Crippen molar-refractivity contribution < 1.29 is 0 Å². The summed E-state index contributed by atoms with van der Waals surface area (Å²) in [4.78, 5) is 4.06.